The fourth-order valence-corrected chi connectivity index (χ4v) is 3.40. The maximum Gasteiger partial charge on any atom is 0.209 e. The highest BCUT2D eigenvalue weighted by Crippen LogP contribution is 2.36. The zero-order chi connectivity index (χ0) is 16.4. The molecule has 1 N–H and O–H groups in total. The van der Waals surface area contributed by atoms with E-state index in [1.54, 1.807) is 0 Å². The molecule has 1 fully saturated rings. The van der Waals surface area contributed by atoms with Crippen molar-refractivity contribution in [1.29, 1.82) is 0 Å². The number of hydrogen-bond donors (Lipinski definition) is 1. The van der Waals surface area contributed by atoms with E-state index in [-0.39, 0.29) is 6.61 Å². The molecule has 24 heavy (non-hydrogen) atoms. The lowest BCUT2D eigenvalue weighted by atomic mass is 10.1. The van der Waals surface area contributed by atoms with E-state index in [4.69, 9.17) is 4.74 Å². The number of rotatable bonds is 7. The molecule has 1 saturated carbocycles. The van der Waals surface area contributed by atoms with Crippen LogP contribution in [0.1, 0.15) is 18.9 Å². The van der Waals surface area contributed by atoms with Crippen LogP contribution >= 0.6 is 11.8 Å². The monoisotopic (exact) mass is 342 g/mol. The molecule has 2 aromatic carbocycles. The zero-order valence-electron chi connectivity index (χ0n) is 13.1. The number of aliphatic hydroxyl groups excluding tert-OH is 1. The largest absolute Gasteiger partial charge is 0.490 e. The van der Waals surface area contributed by atoms with Crippen molar-refractivity contribution in [3.05, 3.63) is 42.5 Å². The van der Waals surface area contributed by atoms with Crippen molar-refractivity contribution in [3.63, 3.8) is 0 Å². The molecule has 1 aliphatic carbocycles. The molecule has 0 bridgehead atoms. The van der Waals surface area contributed by atoms with Crippen LogP contribution in [0.2, 0.25) is 0 Å². The quantitative estimate of drug-likeness (QED) is 0.666. The van der Waals surface area contributed by atoms with Crippen molar-refractivity contribution in [3.8, 4) is 5.75 Å². The molecule has 124 valence electrons. The van der Waals surface area contributed by atoms with Gasteiger partial charge < -0.3 is 9.84 Å². The minimum Gasteiger partial charge on any atom is -0.490 e. The van der Waals surface area contributed by atoms with Gasteiger partial charge in [0.25, 0.3) is 0 Å². The molecule has 0 amide bonds. The van der Waals surface area contributed by atoms with E-state index in [0.29, 0.717) is 11.8 Å². The van der Waals surface area contributed by atoms with Crippen molar-refractivity contribution in [2.24, 2.45) is 0 Å². The number of tetrazole rings is 1. The first-order valence-corrected chi connectivity index (χ1v) is 8.99. The number of nitrogens with zero attached hydrogens (tertiary/aromatic N) is 4. The summed E-state index contributed by atoms with van der Waals surface area (Å²) in [5.74, 6) is 1.29. The summed E-state index contributed by atoms with van der Waals surface area (Å²) in [6, 6.07) is 14.4. The summed E-state index contributed by atoms with van der Waals surface area (Å²) >= 11 is 1.47. The Hall–Kier alpha value is -2.12. The average Bonchev–Trinajstić information content (AvgIpc) is 3.36. The Morgan fingerprint density at radius 2 is 2.04 bits per heavy atom. The van der Waals surface area contributed by atoms with Gasteiger partial charge in [0, 0.05) is 11.1 Å². The van der Waals surface area contributed by atoms with Gasteiger partial charge in [0.1, 0.15) is 12.4 Å². The molecule has 7 heteroatoms. The van der Waals surface area contributed by atoms with Gasteiger partial charge in [0.15, 0.2) is 0 Å². The number of aliphatic hydroxyl groups is 1. The van der Waals surface area contributed by atoms with E-state index in [1.807, 2.05) is 47.1 Å². The molecule has 1 aliphatic rings. The van der Waals surface area contributed by atoms with Crippen LogP contribution in [-0.4, -0.2) is 43.8 Å². The molecule has 0 saturated heterocycles. The number of aromatic nitrogens is 4. The second-order valence-electron chi connectivity index (χ2n) is 5.89. The van der Waals surface area contributed by atoms with E-state index in [2.05, 4.69) is 15.5 Å². The fourth-order valence-electron chi connectivity index (χ4n) is 2.56. The Bertz CT molecular complexity index is 829. The van der Waals surface area contributed by atoms with Crippen molar-refractivity contribution in [2.45, 2.75) is 30.1 Å². The molecule has 1 heterocycles. The lowest BCUT2D eigenvalue weighted by Gasteiger charge is -2.13. The molecular weight excluding hydrogens is 324 g/mol. The van der Waals surface area contributed by atoms with Gasteiger partial charge in [-0.2, -0.15) is 0 Å². The molecular formula is C17H18N4O2S. The van der Waals surface area contributed by atoms with Crippen LogP contribution in [0.4, 0.5) is 0 Å². The highest BCUT2D eigenvalue weighted by molar-refractivity contribution is 7.99. The Balaban J connectivity index is 1.34. The minimum absolute atomic E-state index is 0.242. The van der Waals surface area contributed by atoms with Crippen LogP contribution in [0.15, 0.2) is 47.6 Å². The maximum absolute atomic E-state index is 10.2. The zero-order valence-corrected chi connectivity index (χ0v) is 13.9. The molecule has 4 rings (SSSR count). The Morgan fingerprint density at radius 3 is 2.92 bits per heavy atom. The van der Waals surface area contributed by atoms with E-state index in [0.717, 1.165) is 34.5 Å². The highest BCUT2D eigenvalue weighted by atomic mass is 32.2. The predicted octanol–water partition coefficient (Wildman–Crippen LogP) is 2.69. The average molecular weight is 342 g/mol. The Kier molecular flexibility index (Phi) is 4.36. The maximum atomic E-state index is 10.2. The normalized spacial score (nSPS) is 15.5. The first-order chi connectivity index (χ1) is 11.8. The first-order valence-electron chi connectivity index (χ1n) is 8.00. The van der Waals surface area contributed by atoms with E-state index >= 15 is 0 Å². The summed E-state index contributed by atoms with van der Waals surface area (Å²) in [6.07, 6.45) is 1.68. The van der Waals surface area contributed by atoms with E-state index < -0.39 is 6.10 Å². The second kappa shape index (κ2) is 6.78. The fraction of sp³-hybridized carbons (Fsp3) is 0.353. The molecule has 6 nitrogen and oxygen atoms in total. The van der Waals surface area contributed by atoms with Gasteiger partial charge in [0.05, 0.1) is 12.1 Å². The summed E-state index contributed by atoms with van der Waals surface area (Å²) in [6.45, 7) is 0.242. The number of benzene rings is 2. The molecule has 1 aromatic heterocycles. The van der Waals surface area contributed by atoms with E-state index in [9.17, 15) is 5.11 Å². The van der Waals surface area contributed by atoms with Gasteiger partial charge >= 0.3 is 0 Å². The van der Waals surface area contributed by atoms with Crippen LogP contribution in [0, 0.1) is 0 Å². The third kappa shape index (κ3) is 3.37. The summed E-state index contributed by atoms with van der Waals surface area (Å²) in [4.78, 5) is 0. The van der Waals surface area contributed by atoms with Gasteiger partial charge in [-0.25, -0.2) is 4.68 Å². The van der Waals surface area contributed by atoms with Crippen LogP contribution < -0.4 is 4.74 Å². The number of fused-ring (bicyclic) bond motifs is 1. The van der Waals surface area contributed by atoms with Gasteiger partial charge in [-0.05, 0) is 34.7 Å². The summed E-state index contributed by atoms with van der Waals surface area (Å²) < 4.78 is 7.67. The van der Waals surface area contributed by atoms with Crippen LogP contribution in [0.3, 0.4) is 0 Å². The van der Waals surface area contributed by atoms with Crippen molar-refractivity contribution in [1.82, 2.24) is 20.2 Å². The summed E-state index contributed by atoms with van der Waals surface area (Å²) in [5.41, 5.74) is 0. The van der Waals surface area contributed by atoms with Gasteiger partial charge in [0.2, 0.25) is 5.16 Å². The highest BCUT2D eigenvalue weighted by Gasteiger charge is 2.28. The molecule has 3 aromatic rings. The van der Waals surface area contributed by atoms with Gasteiger partial charge in [-0.1, -0.05) is 48.2 Å². The van der Waals surface area contributed by atoms with Crippen LogP contribution in [0.25, 0.3) is 10.8 Å². The summed E-state index contributed by atoms with van der Waals surface area (Å²) in [7, 11) is 0. The van der Waals surface area contributed by atoms with Crippen molar-refractivity contribution >= 4 is 22.5 Å². The Morgan fingerprint density at radius 1 is 1.21 bits per heavy atom. The third-order valence-electron chi connectivity index (χ3n) is 3.94. The molecule has 0 radical (unpaired) electrons. The van der Waals surface area contributed by atoms with Crippen molar-refractivity contribution < 1.29 is 9.84 Å². The molecule has 1 unspecified atom stereocenters. The van der Waals surface area contributed by atoms with Gasteiger partial charge in [-0.15, -0.1) is 5.10 Å². The lowest BCUT2D eigenvalue weighted by Crippen LogP contribution is -2.20. The Labute approximate surface area is 143 Å². The number of thioether (sulfide) groups is 1. The lowest BCUT2D eigenvalue weighted by molar-refractivity contribution is 0.127. The van der Waals surface area contributed by atoms with Crippen LogP contribution in [0.5, 0.6) is 5.75 Å². The SMILES string of the molecule is OC(COc1cccc2ccccc12)CSc1nnnn1C1CC1. The molecule has 0 spiro atoms. The number of ether oxygens (including phenoxy) is 1. The second-order valence-corrected chi connectivity index (χ2v) is 6.88. The van der Waals surface area contributed by atoms with E-state index in [1.165, 1.54) is 11.8 Å². The topological polar surface area (TPSA) is 73.1 Å². The minimum atomic E-state index is -0.585. The third-order valence-corrected chi connectivity index (χ3v) is 5.02. The molecule has 1 atom stereocenters. The van der Waals surface area contributed by atoms with Gasteiger partial charge in [-0.3, -0.25) is 0 Å². The van der Waals surface area contributed by atoms with Crippen LogP contribution in [-0.2, 0) is 0 Å². The standard InChI is InChI=1S/C17H18N4O2S/c22-14(11-24-17-18-19-20-21(17)13-8-9-13)10-23-16-7-3-5-12-4-1-2-6-15(12)16/h1-7,13-14,22H,8-11H2. The van der Waals surface area contributed by atoms with Crippen molar-refractivity contribution in [2.75, 3.05) is 12.4 Å². The molecule has 0 aliphatic heterocycles. The summed E-state index contributed by atoms with van der Waals surface area (Å²) in [5, 5.41) is 24.9. The first kappa shape index (κ1) is 15.4. The number of hydrogen-bond acceptors (Lipinski definition) is 6. The predicted molar refractivity (Wildman–Crippen MR) is 92.3 cm³/mol. The smallest absolute Gasteiger partial charge is 0.209 e.